The first-order valence-corrected chi connectivity index (χ1v) is 10.1. The van der Waals surface area contributed by atoms with Crippen LogP contribution < -0.4 is 15.1 Å². The van der Waals surface area contributed by atoms with Gasteiger partial charge in [-0.15, -0.1) is 11.3 Å². The fourth-order valence-corrected chi connectivity index (χ4v) is 4.01. The lowest BCUT2D eigenvalue weighted by Crippen LogP contribution is -2.47. The van der Waals surface area contributed by atoms with E-state index >= 15 is 0 Å². The van der Waals surface area contributed by atoms with Crippen molar-refractivity contribution in [2.75, 3.05) is 41.3 Å². The number of nitro groups is 1. The molecule has 0 spiro atoms. The van der Waals surface area contributed by atoms with Gasteiger partial charge < -0.3 is 15.1 Å². The van der Waals surface area contributed by atoms with Crippen LogP contribution >= 0.6 is 11.3 Å². The molecule has 3 heterocycles. The topological polar surface area (TPSA) is 100 Å². The number of aryl methyl sites for hydroxylation is 1. The molecule has 1 aliphatic rings. The van der Waals surface area contributed by atoms with Gasteiger partial charge in [0.1, 0.15) is 6.33 Å². The minimum absolute atomic E-state index is 0.122. The molecule has 0 unspecified atom stereocenters. The third-order valence-corrected chi connectivity index (χ3v) is 5.83. The Kier molecular flexibility index (Phi) is 5.26. The average Bonchev–Trinajstić information content (AvgIpc) is 3.23. The normalized spacial score (nSPS) is 14.1. The molecular weight excluding hydrogens is 390 g/mol. The summed E-state index contributed by atoms with van der Waals surface area (Å²) in [6.45, 7) is 7.05. The predicted molar refractivity (Wildman–Crippen MR) is 114 cm³/mol. The lowest BCUT2D eigenvalue weighted by atomic mass is 10.1. The number of benzene rings is 1. The van der Waals surface area contributed by atoms with Gasteiger partial charge in [0.25, 0.3) is 0 Å². The lowest BCUT2D eigenvalue weighted by molar-refractivity contribution is -0.383. The van der Waals surface area contributed by atoms with Crippen LogP contribution in [0.3, 0.4) is 0 Å². The van der Waals surface area contributed by atoms with Crippen molar-refractivity contribution < 1.29 is 4.92 Å². The van der Waals surface area contributed by atoms with Crippen molar-refractivity contribution in [2.45, 2.75) is 13.8 Å². The minimum Gasteiger partial charge on any atom is -0.368 e. The van der Waals surface area contributed by atoms with Crippen molar-refractivity contribution >= 4 is 39.5 Å². The second kappa shape index (κ2) is 8.00. The van der Waals surface area contributed by atoms with Gasteiger partial charge in [-0.3, -0.25) is 10.1 Å². The second-order valence-electron chi connectivity index (χ2n) is 6.81. The molecule has 0 aliphatic carbocycles. The maximum absolute atomic E-state index is 11.8. The molecule has 0 amide bonds. The standard InChI is InChI=1S/C19H21N7O2S/c1-13-4-3-5-15(14(13)2)24-7-9-25(10-8-24)18-16(26(27)28)17(21-12-22-18)23-19-20-6-11-29-19/h3-6,11-12H,7-10H2,1-2H3,(H,20,21,22,23). The first-order chi connectivity index (χ1) is 14.0. The number of hydrogen-bond acceptors (Lipinski definition) is 9. The van der Waals surface area contributed by atoms with E-state index < -0.39 is 4.92 Å². The Balaban J connectivity index is 1.56. The first-order valence-electron chi connectivity index (χ1n) is 9.26. The number of aromatic nitrogens is 3. The molecule has 1 fully saturated rings. The van der Waals surface area contributed by atoms with E-state index in [-0.39, 0.29) is 11.5 Å². The van der Waals surface area contributed by atoms with Gasteiger partial charge in [0.05, 0.1) is 4.92 Å². The van der Waals surface area contributed by atoms with Crippen LogP contribution in [0.4, 0.5) is 28.1 Å². The summed E-state index contributed by atoms with van der Waals surface area (Å²) in [5, 5.41) is 17.1. The summed E-state index contributed by atoms with van der Waals surface area (Å²) in [6.07, 6.45) is 2.99. The third-order valence-electron chi connectivity index (χ3n) is 5.14. The number of nitrogens with zero attached hydrogens (tertiary/aromatic N) is 6. The van der Waals surface area contributed by atoms with Crippen LogP contribution in [-0.2, 0) is 0 Å². The zero-order chi connectivity index (χ0) is 20.4. The summed E-state index contributed by atoms with van der Waals surface area (Å²) < 4.78 is 0. The van der Waals surface area contributed by atoms with Gasteiger partial charge in [0, 0.05) is 43.4 Å². The number of rotatable bonds is 5. The zero-order valence-corrected chi connectivity index (χ0v) is 17.0. The Morgan fingerprint density at radius 2 is 1.86 bits per heavy atom. The van der Waals surface area contributed by atoms with Gasteiger partial charge >= 0.3 is 5.69 Å². The highest BCUT2D eigenvalue weighted by Crippen LogP contribution is 2.35. The van der Waals surface area contributed by atoms with Crippen LogP contribution in [0.15, 0.2) is 36.1 Å². The van der Waals surface area contributed by atoms with E-state index in [1.165, 1.54) is 34.5 Å². The smallest absolute Gasteiger partial charge is 0.353 e. The van der Waals surface area contributed by atoms with Crippen LogP contribution in [0, 0.1) is 24.0 Å². The molecule has 10 heteroatoms. The van der Waals surface area contributed by atoms with Crippen molar-refractivity contribution in [1.29, 1.82) is 0 Å². The maximum atomic E-state index is 11.8. The van der Waals surface area contributed by atoms with Crippen molar-refractivity contribution in [3.8, 4) is 0 Å². The average molecular weight is 411 g/mol. The Morgan fingerprint density at radius 3 is 2.55 bits per heavy atom. The Bertz CT molecular complexity index is 1020. The molecule has 0 atom stereocenters. The molecule has 0 bridgehead atoms. The maximum Gasteiger partial charge on any atom is 0.353 e. The van der Waals surface area contributed by atoms with Gasteiger partial charge in [0.2, 0.25) is 11.6 Å². The van der Waals surface area contributed by atoms with Gasteiger partial charge in [-0.2, -0.15) is 0 Å². The number of thiazole rings is 1. The van der Waals surface area contributed by atoms with Crippen LogP contribution in [0.5, 0.6) is 0 Å². The highest BCUT2D eigenvalue weighted by atomic mass is 32.1. The first kappa shape index (κ1) is 19.1. The van der Waals surface area contributed by atoms with E-state index in [1.807, 2.05) is 4.90 Å². The van der Waals surface area contributed by atoms with Crippen LogP contribution in [0.1, 0.15) is 11.1 Å². The molecule has 3 aromatic rings. The number of anilines is 4. The van der Waals surface area contributed by atoms with E-state index in [2.05, 4.69) is 57.2 Å². The van der Waals surface area contributed by atoms with E-state index in [9.17, 15) is 10.1 Å². The van der Waals surface area contributed by atoms with Crippen molar-refractivity contribution in [2.24, 2.45) is 0 Å². The number of hydrogen-bond donors (Lipinski definition) is 1. The summed E-state index contributed by atoms with van der Waals surface area (Å²) in [5.74, 6) is 0.497. The molecular formula is C19H21N7O2S. The third kappa shape index (κ3) is 3.83. The molecule has 150 valence electrons. The molecule has 1 aliphatic heterocycles. The van der Waals surface area contributed by atoms with Crippen LogP contribution in [0.25, 0.3) is 0 Å². The van der Waals surface area contributed by atoms with Crippen molar-refractivity contribution in [3.63, 3.8) is 0 Å². The predicted octanol–water partition coefficient (Wildman–Crippen LogP) is 3.53. The Hall–Kier alpha value is -3.27. The molecule has 29 heavy (non-hydrogen) atoms. The van der Waals surface area contributed by atoms with Crippen LogP contribution in [-0.4, -0.2) is 46.1 Å². The van der Waals surface area contributed by atoms with E-state index in [0.29, 0.717) is 24.0 Å². The largest absolute Gasteiger partial charge is 0.368 e. The summed E-state index contributed by atoms with van der Waals surface area (Å²) in [6, 6.07) is 6.30. The van der Waals surface area contributed by atoms with Gasteiger partial charge in [-0.1, -0.05) is 12.1 Å². The van der Waals surface area contributed by atoms with Gasteiger partial charge in [0.15, 0.2) is 5.13 Å². The van der Waals surface area contributed by atoms with E-state index in [4.69, 9.17) is 0 Å². The molecule has 1 saturated heterocycles. The minimum atomic E-state index is -0.428. The van der Waals surface area contributed by atoms with Crippen LogP contribution in [0.2, 0.25) is 0 Å². The molecule has 4 rings (SSSR count). The fourth-order valence-electron chi connectivity index (χ4n) is 3.48. The zero-order valence-electron chi connectivity index (χ0n) is 16.2. The monoisotopic (exact) mass is 411 g/mol. The summed E-state index contributed by atoms with van der Waals surface area (Å²) in [4.78, 5) is 28.1. The summed E-state index contributed by atoms with van der Waals surface area (Å²) in [5.41, 5.74) is 3.62. The summed E-state index contributed by atoms with van der Waals surface area (Å²) >= 11 is 1.35. The Labute approximate surface area is 172 Å². The number of piperazine rings is 1. The van der Waals surface area contributed by atoms with E-state index in [0.717, 1.165) is 13.1 Å². The highest BCUT2D eigenvalue weighted by molar-refractivity contribution is 7.13. The molecule has 2 aromatic heterocycles. The quantitative estimate of drug-likeness (QED) is 0.503. The fraction of sp³-hybridized carbons (Fsp3) is 0.316. The highest BCUT2D eigenvalue weighted by Gasteiger charge is 2.30. The van der Waals surface area contributed by atoms with E-state index in [1.54, 1.807) is 11.6 Å². The van der Waals surface area contributed by atoms with Crippen molar-refractivity contribution in [3.05, 3.63) is 57.3 Å². The van der Waals surface area contributed by atoms with Gasteiger partial charge in [-0.05, 0) is 31.0 Å². The molecule has 1 N–H and O–H groups in total. The lowest BCUT2D eigenvalue weighted by Gasteiger charge is -2.37. The number of nitrogens with one attached hydrogen (secondary N) is 1. The molecule has 0 saturated carbocycles. The SMILES string of the molecule is Cc1cccc(N2CCN(c3ncnc(Nc4nccs4)c3[N+](=O)[O-])CC2)c1C. The molecule has 9 nitrogen and oxygen atoms in total. The molecule has 1 aromatic carbocycles. The Morgan fingerprint density at radius 1 is 1.10 bits per heavy atom. The molecule has 0 radical (unpaired) electrons. The van der Waals surface area contributed by atoms with Gasteiger partial charge in [-0.25, -0.2) is 15.0 Å². The second-order valence-corrected chi connectivity index (χ2v) is 7.70. The van der Waals surface area contributed by atoms with Crippen molar-refractivity contribution in [1.82, 2.24) is 15.0 Å². The summed E-state index contributed by atoms with van der Waals surface area (Å²) in [7, 11) is 0.